The molecule has 0 aliphatic carbocycles. The van der Waals surface area contributed by atoms with Gasteiger partial charge in [-0.25, -0.2) is 0 Å². The summed E-state index contributed by atoms with van der Waals surface area (Å²) in [5.41, 5.74) is 10.7. The van der Waals surface area contributed by atoms with Gasteiger partial charge in [-0.3, -0.25) is 0 Å². The number of para-hydroxylation sites is 1. The van der Waals surface area contributed by atoms with Gasteiger partial charge in [0, 0.05) is 27.4 Å². The zero-order valence-electron chi connectivity index (χ0n) is 24.9. The third kappa shape index (κ3) is 3.71. The summed E-state index contributed by atoms with van der Waals surface area (Å²) in [5, 5.41) is 7.52. The van der Waals surface area contributed by atoms with Gasteiger partial charge in [-0.05, 0) is 92.5 Å². The van der Waals surface area contributed by atoms with Crippen molar-refractivity contribution in [1.82, 2.24) is 4.57 Å². The van der Waals surface area contributed by atoms with Crippen LogP contribution in [0.1, 0.15) is 0 Å². The van der Waals surface area contributed by atoms with E-state index in [-0.39, 0.29) is 0 Å². The van der Waals surface area contributed by atoms with Gasteiger partial charge < -0.3 is 9.30 Å². The molecule has 2 nitrogen and oxygen atoms in total. The summed E-state index contributed by atoms with van der Waals surface area (Å²) in [4.78, 5) is 0. The molecule has 10 rings (SSSR count). The number of hydrogen-bond acceptors (Lipinski definition) is 1. The molecule has 0 saturated heterocycles. The fourth-order valence-electron chi connectivity index (χ4n) is 7.44. The van der Waals surface area contributed by atoms with Crippen molar-refractivity contribution in [2.75, 3.05) is 0 Å². The van der Waals surface area contributed by atoms with Crippen molar-refractivity contribution in [3.63, 3.8) is 0 Å². The Morgan fingerprint density at radius 2 is 1.07 bits per heavy atom. The maximum absolute atomic E-state index is 6.35. The Labute approximate surface area is 266 Å². The van der Waals surface area contributed by atoms with Crippen LogP contribution in [0.4, 0.5) is 0 Å². The lowest BCUT2D eigenvalue weighted by molar-refractivity contribution is 0.487. The van der Waals surface area contributed by atoms with E-state index >= 15 is 0 Å². The number of ether oxygens (including phenoxy) is 1. The van der Waals surface area contributed by atoms with Crippen LogP contribution in [0.2, 0.25) is 0 Å². The van der Waals surface area contributed by atoms with Gasteiger partial charge in [-0.2, -0.15) is 0 Å². The van der Waals surface area contributed by atoms with Gasteiger partial charge in [0.2, 0.25) is 0 Å². The molecule has 0 bridgehead atoms. The Balaban J connectivity index is 1.05. The van der Waals surface area contributed by atoms with Crippen LogP contribution < -0.4 is 4.74 Å². The third-order valence-electron chi connectivity index (χ3n) is 9.57. The van der Waals surface area contributed by atoms with Crippen molar-refractivity contribution in [2.24, 2.45) is 0 Å². The SMILES string of the molecule is c1cc(-c2ccc(-n3c4ccccc4c4c5ccccc5ccc43)cc2)cc(-c2ccc3c(c2)-c2cccc4cccc(c24)O3)c1. The van der Waals surface area contributed by atoms with Gasteiger partial charge in [0.05, 0.1) is 11.0 Å². The maximum atomic E-state index is 6.35. The number of hydrogen-bond donors (Lipinski definition) is 0. The molecule has 0 N–H and O–H groups in total. The fourth-order valence-corrected chi connectivity index (χ4v) is 7.44. The molecule has 0 radical (unpaired) electrons. The molecule has 0 unspecified atom stereocenters. The molecule has 2 heterocycles. The monoisotopic (exact) mass is 585 g/mol. The normalized spacial score (nSPS) is 12.1. The van der Waals surface area contributed by atoms with Crippen LogP contribution in [0.15, 0.2) is 164 Å². The van der Waals surface area contributed by atoms with Crippen LogP contribution in [0.3, 0.4) is 0 Å². The molecule has 214 valence electrons. The first-order chi connectivity index (χ1) is 22.8. The Bertz CT molecular complexity index is 2660. The summed E-state index contributed by atoms with van der Waals surface area (Å²) in [5.74, 6) is 1.83. The number of fused-ring (bicyclic) bond motifs is 7. The van der Waals surface area contributed by atoms with Crippen molar-refractivity contribution in [3.8, 4) is 50.6 Å². The van der Waals surface area contributed by atoms with Crippen LogP contribution >= 0.6 is 0 Å². The number of nitrogens with zero attached hydrogens (tertiary/aromatic N) is 1. The van der Waals surface area contributed by atoms with Crippen LogP contribution in [0.25, 0.3) is 82.4 Å². The second-order valence-electron chi connectivity index (χ2n) is 12.1. The molecular formula is C44H27NO. The van der Waals surface area contributed by atoms with Gasteiger partial charge in [0.15, 0.2) is 0 Å². The molecule has 0 amide bonds. The molecule has 9 aromatic rings. The minimum Gasteiger partial charge on any atom is -0.456 e. The summed E-state index contributed by atoms with van der Waals surface area (Å²) in [6, 6.07) is 59.0. The minimum absolute atomic E-state index is 0.903. The first-order valence-electron chi connectivity index (χ1n) is 15.8. The third-order valence-corrected chi connectivity index (χ3v) is 9.57. The van der Waals surface area contributed by atoms with Crippen molar-refractivity contribution in [3.05, 3.63) is 164 Å². The predicted molar refractivity (Wildman–Crippen MR) is 192 cm³/mol. The average molecular weight is 586 g/mol. The number of benzene rings is 8. The molecule has 2 heteroatoms. The average Bonchev–Trinajstić information content (AvgIpc) is 3.47. The predicted octanol–water partition coefficient (Wildman–Crippen LogP) is 12.2. The van der Waals surface area contributed by atoms with Crippen molar-refractivity contribution < 1.29 is 4.74 Å². The van der Waals surface area contributed by atoms with Crippen LogP contribution in [0.5, 0.6) is 11.5 Å². The molecule has 0 atom stereocenters. The molecule has 8 aromatic carbocycles. The van der Waals surface area contributed by atoms with E-state index in [0.717, 1.165) is 22.7 Å². The Morgan fingerprint density at radius 3 is 1.96 bits per heavy atom. The van der Waals surface area contributed by atoms with Gasteiger partial charge in [-0.15, -0.1) is 0 Å². The second-order valence-corrected chi connectivity index (χ2v) is 12.1. The van der Waals surface area contributed by atoms with E-state index < -0.39 is 0 Å². The summed E-state index contributed by atoms with van der Waals surface area (Å²) < 4.78 is 8.74. The molecule has 0 saturated carbocycles. The molecule has 46 heavy (non-hydrogen) atoms. The largest absolute Gasteiger partial charge is 0.456 e. The molecular weight excluding hydrogens is 558 g/mol. The van der Waals surface area contributed by atoms with Crippen molar-refractivity contribution >= 4 is 43.4 Å². The number of rotatable bonds is 3. The molecule has 1 aromatic heterocycles. The highest BCUT2D eigenvalue weighted by Crippen LogP contribution is 2.47. The Kier molecular flexibility index (Phi) is 5.31. The second kappa shape index (κ2) is 9.69. The standard InChI is InChI=1S/C44H27NO/c1-2-13-35-29(8-1)20-24-40-44(35)37-14-3-4-16-39(37)45(40)34-22-18-28(19-23-34)31-11-5-12-32(26-31)33-21-25-41-38(27-33)36-15-6-9-30-10-7-17-42(46-41)43(30)36/h1-27H. The van der Waals surface area contributed by atoms with Crippen LogP contribution in [-0.4, -0.2) is 4.57 Å². The molecule has 0 fully saturated rings. The zero-order valence-corrected chi connectivity index (χ0v) is 24.9. The van der Waals surface area contributed by atoms with E-state index in [2.05, 4.69) is 168 Å². The lowest BCUT2D eigenvalue weighted by Crippen LogP contribution is -1.97. The van der Waals surface area contributed by atoms with Crippen molar-refractivity contribution in [1.29, 1.82) is 0 Å². The maximum Gasteiger partial charge on any atom is 0.135 e. The molecule has 1 aliphatic rings. The van der Waals surface area contributed by atoms with Crippen molar-refractivity contribution in [2.45, 2.75) is 0 Å². The minimum atomic E-state index is 0.903. The summed E-state index contributed by atoms with van der Waals surface area (Å²) in [6.07, 6.45) is 0. The lowest BCUT2D eigenvalue weighted by Gasteiger charge is -2.22. The Hall–Kier alpha value is -6.12. The summed E-state index contributed by atoms with van der Waals surface area (Å²) in [7, 11) is 0. The van der Waals surface area contributed by atoms with E-state index in [1.54, 1.807) is 0 Å². The van der Waals surface area contributed by atoms with Gasteiger partial charge in [-0.1, -0.05) is 115 Å². The number of aromatic nitrogens is 1. The highest BCUT2D eigenvalue weighted by Gasteiger charge is 2.20. The van der Waals surface area contributed by atoms with Gasteiger partial charge in [0.25, 0.3) is 0 Å². The zero-order chi connectivity index (χ0) is 30.2. The van der Waals surface area contributed by atoms with E-state index in [1.807, 2.05) is 0 Å². The topological polar surface area (TPSA) is 14.2 Å². The smallest absolute Gasteiger partial charge is 0.135 e. The molecule has 1 aliphatic heterocycles. The highest BCUT2D eigenvalue weighted by atomic mass is 16.5. The van der Waals surface area contributed by atoms with Crippen LogP contribution in [-0.2, 0) is 0 Å². The van der Waals surface area contributed by atoms with E-state index in [0.29, 0.717) is 0 Å². The van der Waals surface area contributed by atoms with Gasteiger partial charge >= 0.3 is 0 Å². The van der Waals surface area contributed by atoms with E-state index in [1.165, 1.54) is 71.2 Å². The molecule has 0 spiro atoms. The van der Waals surface area contributed by atoms with E-state index in [9.17, 15) is 0 Å². The Morgan fingerprint density at radius 1 is 0.370 bits per heavy atom. The fraction of sp³-hybridized carbons (Fsp3) is 0. The quantitative estimate of drug-likeness (QED) is 0.201. The first-order valence-corrected chi connectivity index (χ1v) is 15.8. The summed E-state index contributed by atoms with van der Waals surface area (Å²) in [6.45, 7) is 0. The highest BCUT2D eigenvalue weighted by molar-refractivity contribution is 6.21. The van der Waals surface area contributed by atoms with E-state index in [4.69, 9.17) is 4.74 Å². The van der Waals surface area contributed by atoms with Crippen LogP contribution in [0, 0.1) is 0 Å². The first kappa shape index (κ1) is 25.2. The lowest BCUT2D eigenvalue weighted by atomic mass is 9.91. The summed E-state index contributed by atoms with van der Waals surface area (Å²) >= 11 is 0. The van der Waals surface area contributed by atoms with Gasteiger partial charge in [0.1, 0.15) is 11.5 Å².